The lowest BCUT2D eigenvalue weighted by Crippen LogP contribution is -2.24. The highest BCUT2D eigenvalue weighted by Gasteiger charge is 2.07. The fourth-order valence-electron chi connectivity index (χ4n) is 1.85. The summed E-state index contributed by atoms with van der Waals surface area (Å²) in [7, 11) is 2.14. The first kappa shape index (κ1) is 12.3. The second-order valence-electron chi connectivity index (χ2n) is 4.36. The lowest BCUT2D eigenvalue weighted by Gasteiger charge is -2.20. The van der Waals surface area contributed by atoms with Gasteiger partial charge in [0.1, 0.15) is 0 Å². The number of rotatable bonds is 7. The highest BCUT2D eigenvalue weighted by atomic mass is 16.3. The molecule has 0 saturated carbocycles. The molecule has 1 rings (SSSR count). The van der Waals surface area contributed by atoms with E-state index < -0.39 is 0 Å². The largest absolute Gasteiger partial charge is 0.472 e. The van der Waals surface area contributed by atoms with Crippen LogP contribution in [0.3, 0.4) is 0 Å². The molecule has 1 aromatic rings. The van der Waals surface area contributed by atoms with Gasteiger partial charge in [-0.15, -0.1) is 0 Å². The molecule has 0 radical (unpaired) electrons. The molecule has 0 aliphatic rings. The van der Waals surface area contributed by atoms with Crippen molar-refractivity contribution in [3.63, 3.8) is 0 Å². The van der Waals surface area contributed by atoms with Crippen molar-refractivity contribution in [2.75, 3.05) is 20.1 Å². The van der Waals surface area contributed by atoms with E-state index in [1.165, 1.54) is 12.0 Å². The average Bonchev–Trinajstić information content (AvgIpc) is 2.67. The molecular weight excluding hydrogens is 188 g/mol. The molecule has 15 heavy (non-hydrogen) atoms. The summed E-state index contributed by atoms with van der Waals surface area (Å²) in [5.74, 6) is 0.713. The molecule has 1 heterocycles. The van der Waals surface area contributed by atoms with E-state index in [9.17, 15) is 0 Å². The normalized spacial score (nSPS) is 13.3. The van der Waals surface area contributed by atoms with Gasteiger partial charge in [0.25, 0.3) is 0 Å². The Morgan fingerprint density at radius 1 is 1.53 bits per heavy atom. The summed E-state index contributed by atoms with van der Waals surface area (Å²) >= 11 is 0. The second kappa shape index (κ2) is 6.64. The zero-order chi connectivity index (χ0) is 11.1. The van der Waals surface area contributed by atoms with Gasteiger partial charge in [-0.1, -0.05) is 6.92 Å². The summed E-state index contributed by atoms with van der Waals surface area (Å²) in [6, 6.07) is 2.01. The molecule has 0 aliphatic carbocycles. The summed E-state index contributed by atoms with van der Waals surface area (Å²) in [6.07, 6.45) is 5.87. The summed E-state index contributed by atoms with van der Waals surface area (Å²) in [4.78, 5) is 2.33. The lowest BCUT2D eigenvalue weighted by atomic mass is 10.1. The van der Waals surface area contributed by atoms with Crippen LogP contribution in [0.1, 0.15) is 25.3 Å². The van der Waals surface area contributed by atoms with Gasteiger partial charge in [-0.2, -0.15) is 0 Å². The molecule has 3 nitrogen and oxygen atoms in total. The van der Waals surface area contributed by atoms with E-state index >= 15 is 0 Å². The molecule has 0 saturated heterocycles. The van der Waals surface area contributed by atoms with Gasteiger partial charge in [-0.3, -0.25) is 0 Å². The first-order valence-corrected chi connectivity index (χ1v) is 5.62. The predicted octanol–water partition coefficient (Wildman–Crippen LogP) is 2.09. The Morgan fingerprint density at radius 3 is 2.93 bits per heavy atom. The second-order valence-corrected chi connectivity index (χ2v) is 4.36. The monoisotopic (exact) mass is 210 g/mol. The van der Waals surface area contributed by atoms with Crippen molar-refractivity contribution in [2.45, 2.75) is 26.3 Å². The van der Waals surface area contributed by atoms with Crippen molar-refractivity contribution in [3.8, 4) is 0 Å². The highest BCUT2D eigenvalue weighted by Crippen LogP contribution is 2.09. The molecular formula is C12H22N2O. The summed E-state index contributed by atoms with van der Waals surface area (Å²) in [6.45, 7) is 5.16. The third-order valence-corrected chi connectivity index (χ3v) is 2.56. The van der Waals surface area contributed by atoms with Gasteiger partial charge in [0.15, 0.2) is 0 Å². The SMILES string of the molecule is CC(CCCN)CN(C)Cc1ccoc1. The topological polar surface area (TPSA) is 42.4 Å². The van der Waals surface area contributed by atoms with Gasteiger partial charge < -0.3 is 15.1 Å². The van der Waals surface area contributed by atoms with Crippen LogP contribution in [-0.2, 0) is 6.54 Å². The number of nitrogens with two attached hydrogens (primary N) is 1. The predicted molar refractivity (Wildman–Crippen MR) is 62.5 cm³/mol. The molecule has 3 heteroatoms. The molecule has 0 spiro atoms. The summed E-state index contributed by atoms with van der Waals surface area (Å²) in [5.41, 5.74) is 6.73. The maximum absolute atomic E-state index is 5.49. The van der Waals surface area contributed by atoms with E-state index in [4.69, 9.17) is 10.2 Å². The quantitative estimate of drug-likeness (QED) is 0.749. The van der Waals surface area contributed by atoms with Crippen LogP contribution in [0.4, 0.5) is 0 Å². The van der Waals surface area contributed by atoms with Crippen molar-refractivity contribution in [2.24, 2.45) is 11.7 Å². The smallest absolute Gasteiger partial charge is 0.0947 e. The average molecular weight is 210 g/mol. The number of hydrogen-bond donors (Lipinski definition) is 1. The van der Waals surface area contributed by atoms with Crippen LogP contribution in [0.15, 0.2) is 23.0 Å². The molecule has 0 amide bonds. The van der Waals surface area contributed by atoms with Crippen molar-refractivity contribution in [1.82, 2.24) is 4.90 Å². The fraction of sp³-hybridized carbons (Fsp3) is 0.667. The Morgan fingerprint density at radius 2 is 2.33 bits per heavy atom. The Balaban J connectivity index is 2.20. The molecule has 1 unspecified atom stereocenters. The van der Waals surface area contributed by atoms with Gasteiger partial charge in [0, 0.05) is 18.7 Å². The molecule has 2 N–H and O–H groups in total. The minimum absolute atomic E-state index is 0.713. The Hall–Kier alpha value is -0.800. The first-order valence-electron chi connectivity index (χ1n) is 5.62. The van der Waals surface area contributed by atoms with Crippen molar-refractivity contribution in [3.05, 3.63) is 24.2 Å². The molecule has 0 bridgehead atoms. The van der Waals surface area contributed by atoms with Gasteiger partial charge >= 0.3 is 0 Å². The van der Waals surface area contributed by atoms with Crippen molar-refractivity contribution in [1.29, 1.82) is 0 Å². The minimum atomic E-state index is 0.713. The standard InChI is InChI=1S/C12H22N2O/c1-11(4-3-6-13)8-14(2)9-12-5-7-15-10-12/h5,7,10-11H,3-4,6,8-9,13H2,1-2H3. The van der Waals surface area contributed by atoms with Crippen LogP contribution in [0.2, 0.25) is 0 Å². The van der Waals surface area contributed by atoms with E-state index in [0.29, 0.717) is 5.92 Å². The molecule has 86 valence electrons. The summed E-state index contributed by atoms with van der Waals surface area (Å²) < 4.78 is 5.04. The zero-order valence-corrected chi connectivity index (χ0v) is 9.78. The van der Waals surface area contributed by atoms with Crippen LogP contribution < -0.4 is 5.73 Å². The van der Waals surface area contributed by atoms with Gasteiger partial charge in [0.05, 0.1) is 12.5 Å². The van der Waals surface area contributed by atoms with Crippen LogP contribution in [0.5, 0.6) is 0 Å². The van der Waals surface area contributed by atoms with Gasteiger partial charge in [-0.25, -0.2) is 0 Å². The third kappa shape index (κ3) is 5.00. The Bertz CT molecular complexity index is 246. The van der Waals surface area contributed by atoms with Gasteiger partial charge in [0.2, 0.25) is 0 Å². The van der Waals surface area contributed by atoms with Gasteiger partial charge in [-0.05, 0) is 38.4 Å². The van der Waals surface area contributed by atoms with Crippen LogP contribution in [-0.4, -0.2) is 25.0 Å². The Labute approximate surface area is 92.2 Å². The zero-order valence-electron chi connectivity index (χ0n) is 9.78. The molecule has 1 atom stereocenters. The van der Waals surface area contributed by atoms with E-state index in [1.54, 1.807) is 12.5 Å². The number of furan rings is 1. The van der Waals surface area contributed by atoms with Crippen LogP contribution >= 0.6 is 0 Å². The fourth-order valence-corrected chi connectivity index (χ4v) is 1.85. The van der Waals surface area contributed by atoms with Crippen LogP contribution in [0.25, 0.3) is 0 Å². The van der Waals surface area contributed by atoms with E-state index in [-0.39, 0.29) is 0 Å². The van der Waals surface area contributed by atoms with Crippen molar-refractivity contribution < 1.29 is 4.42 Å². The molecule has 0 aliphatic heterocycles. The highest BCUT2D eigenvalue weighted by molar-refractivity contribution is 5.04. The number of nitrogens with zero attached hydrogens (tertiary/aromatic N) is 1. The third-order valence-electron chi connectivity index (χ3n) is 2.56. The molecule has 0 aromatic carbocycles. The molecule has 1 aromatic heterocycles. The lowest BCUT2D eigenvalue weighted by molar-refractivity contribution is 0.269. The van der Waals surface area contributed by atoms with Crippen LogP contribution in [0, 0.1) is 5.92 Å². The maximum Gasteiger partial charge on any atom is 0.0947 e. The first-order chi connectivity index (χ1) is 7.22. The molecule has 0 fully saturated rings. The summed E-state index contributed by atoms with van der Waals surface area (Å²) in [5, 5.41) is 0. The van der Waals surface area contributed by atoms with E-state index in [1.807, 2.05) is 6.07 Å². The maximum atomic E-state index is 5.49. The van der Waals surface area contributed by atoms with Crippen molar-refractivity contribution >= 4 is 0 Å². The minimum Gasteiger partial charge on any atom is -0.472 e. The van der Waals surface area contributed by atoms with E-state index in [2.05, 4.69) is 18.9 Å². The van der Waals surface area contributed by atoms with E-state index in [0.717, 1.165) is 26.1 Å². The number of hydrogen-bond acceptors (Lipinski definition) is 3. The Kier molecular flexibility index (Phi) is 5.43.